The van der Waals surface area contributed by atoms with Crippen LogP contribution < -0.4 is 0 Å². The fraction of sp³-hybridized carbons (Fsp3) is 0. The fourth-order valence-corrected chi connectivity index (χ4v) is 1.67. The van der Waals surface area contributed by atoms with Crippen molar-refractivity contribution in [3.05, 3.63) is 46.0 Å². The highest BCUT2D eigenvalue weighted by Gasteiger charge is 2.01. The molecule has 0 fully saturated rings. The minimum Gasteiger partial charge on any atom is -0.361 e. The summed E-state index contributed by atoms with van der Waals surface area (Å²) in [5, 5.41) is 0.732. The van der Waals surface area contributed by atoms with E-state index >= 15 is 0 Å². The number of rotatable bonds is 1. The lowest BCUT2D eigenvalue weighted by atomic mass is 10.2. The van der Waals surface area contributed by atoms with E-state index in [9.17, 15) is 0 Å². The van der Waals surface area contributed by atoms with Crippen molar-refractivity contribution in [2.24, 2.45) is 0 Å². The molecule has 3 heteroatoms. The minimum atomic E-state index is 0.732. The normalized spacial score (nSPS) is 10.3. The summed E-state index contributed by atoms with van der Waals surface area (Å²) in [5.41, 5.74) is 2.22. The Kier molecular flexibility index (Phi) is 2.42. The van der Waals surface area contributed by atoms with Gasteiger partial charge in [0.15, 0.2) is 0 Å². The lowest BCUT2D eigenvalue weighted by molar-refractivity contribution is 1.40. The zero-order valence-electron chi connectivity index (χ0n) is 6.72. The second-order valence-corrected chi connectivity index (χ2v) is 3.97. The van der Waals surface area contributed by atoms with Gasteiger partial charge in [-0.25, -0.2) is 0 Å². The molecule has 1 N–H and O–H groups in total. The van der Waals surface area contributed by atoms with Crippen LogP contribution >= 0.6 is 27.5 Å². The standard InChI is InChI=1S/C10H7BrClN/c11-8-6-7(3-4-9(8)12)10-2-1-5-13-10/h1-6,13H. The van der Waals surface area contributed by atoms with Crippen molar-refractivity contribution >= 4 is 27.5 Å². The Hall–Kier alpha value is -0.730. The number of benzene rings is 1. The molecule has 0 saturated heterocycles. The van der Waals surface area contributed by atoms with Crippen LogP contribution in [0.5, 0.6) is 0 Å². The van der Waals surface area contributed by atoms with Gasteiger partial charge >= 0.3 is 0 Å². The molecule has 0 atom stereocenters. The van der Waals surface area contributed by atoms with Crippen LogP contribution in [-0.2, 0) is 0 Å². The summed E-state index contributed by atoms with van der Waals surface area (Å²) in [4.78, 5) is 3.14. The molecule has 1 aromatic carbocycles. The highest BCUT2D eigenvalue weighted by Crippen LogP contribution is 2.27. The van der Waals surface area contributed by atoms with Gasteiger partial charge in [-0.15, -0.1) is 0 Å². The molecule has 2 aromatic rings. The molecule has 0 unspecified atom stereocenters. The molecule has 0 bridgehead atoms. The maximum absolute atomic E-state index is 5.88. The van der Waals surface area contributed by atoms with Crippen molar-refractivity contribution in [1.29, 1.82) is 0 Å². The lowest BCUT2D eigenvalue weighted by Crippen LogP contribution is -1.77. The van der Waals surface area contributed by atoms with Crippen molar-refractivity contribution in [1.82, 2.24) is 4.98 Å². The van der Waals surface area contributed by atoms with Crippen LogP contribution in [0.15, 0.2) is 41.0 Å². The van der Waals surface area contributed by atoms with Crippen LogP contribution in [0.4, 0.5) is 0 Å². The van der Waals surface area contributed by atoms with Gasteiger partial charge in [0.25, 0.3) is 0 Å². The third-order valence-corrected chi connectivity index (χ3v) is 3.04. The average Bonchev–Trinajstić information content (AvgIpc) is 2.62. The van der Waals surface area contributed by atoms with Gasteiger partial charge in [-0.1, -0.05) is 17.7 Å². The highest BCUT2D eigenvalue weighted by molar-refractivity contribution is 9.10. The van der Waals surface area contributed by atoms with Gasteiger partial charge in [-0.3, -0.25) is 0 Å². The Bertz CT molecular complexity index is 409. The van der Waals surface area contributed by atoms with Gasteiger partial charge < -0.3 is 4.98 Å². The summed E-state index contributed by atoms with van der Waals surface area (Å²) in [6.45, 7) is 0. The topological polar surface area (TPSA) is 15.8 Å². The Morgan fingerprint density at radius 1 is 1.23 bits per heavy atom. The first-order chi connectivity index (χ1) is 6.27. The number of hydrogen-bond acceptors (Lipinski definition) is 0. The zero-order valence-corrected chi connectivity index (χ0v) is 9.06. The predicted octanol–water partition coefficient (Wildman–Crippen LogP) is 4.10. The summed E-state index contributed by atoms with van der Waals surface area (Å²) in [6, 6.07) is 9.85. The van der Waals surface area contributed by atoms with E-state index in [-0.39, 0.29) is 0 Å². The minimum absolute atomic E-state index is 0.732. The SMILES string of the molecule is Clc1ccc(-c2ccc[nH]2)cc1Br. The van der Waals surface area contributed by atoms with Gasteiger partial charge in [-0.05, 0) is 45.8 Å². The van der Waals surface area contributed by atoms with Crippen LogP contribution in [0.3, 0.4) is 0 Å². The van der Waals surface area contributed by atoms with Crippen LogP contribution in [0, 0.1) is 0 Å². The summed E-state index contributed by atoms with van der Waals surface area (Å²) in [7, 11) is 0. The van der Waals surface area contributed by atoms with E-state index in [1.54, 1.807) is 0 Å². The van der Waals surface area contributed by atoms with Crippen molar-refractivity contribution in [3.63, 3.8) is 0 Å². The summed E-state index contributed by atoms with van der Waals surface area (Å²) in [6.07, 6.45) is 1.90. The molecule has 2 rings (SSSR count). The molecular formula is C10H7BrClN. The molecule has 1 aromatic heterocycles. The second-order valence-electron chi connectivity index (χ2n) is 2.71. The predicted molar refractivity (Wildman–Crippen MR) is 58.9 cm³/mol. The molecule has 0 radical (unpaired) electrons. The van der Waals surface area contributed by atoms with Crippen molar-refractivity contribution in [2.75, 3.05) is 0 Å². The van der Waals surface area contributed by atoms with E-state index in [1.165, 1.54) is 0 Å². The first kappa shape index (κ1) is 8.85. The van der Waals surface area contributed by atoms with Crippen molar-refractivity contribution < 1.29 is 0 Å². The van der Waals surface area contributed by atoms with Gasteiger partial charge in [0.2, 0.25) is 0 Å². The second kappa shape index (κ2) is 3.56. The molecule has 0 amide bonds. The van der Waals surface area contributed by atoms with Crippen LogP contribution in [-0.4, -0.2) is 4.98 Å². The van der Waals surface area contributed by atoms with Crippen molar-refractivity contribution in [3.8, 4) is 11.3 Å². The monoisotopic (exact) mass is 255 g/mol. The Morgan fingerprint density at radius 2 is 2.08 bits per heavy atom. The van der Waals surface area contributed by atoms with E-state index in [1.807, 2.05) is 36.5 Å². The van der Waals surface area contributed by atoms with E-state index in [0.717, 1.165) is 20.8 Å². The third kappa shape index (κ3) is 1.79. The molecule has 0 aliphatic heterocycles. The van der Waals surface area contributed by atoms with E-state index in [2.05, 4.69) is 20.9 Å². The number of halogens is 2. The first-order valence-electron chi connectivity index (χ1n) is 3.86. The van der Waals surface area contributed by atoms with Gasteiger partial charge in [-0.2, -0.15) is 0 Å². The molecule has 0 aliphatic carbocycles. The summed E-state index contributed by atoms with van der Waals surface area (Å²) in [5.74, 6) is 0. The first-order valence-corrected chi connectivity index (χ1v) is 5.03. The molecule has 1 nitrogen and oxygen atoms in total. The molecule has 0 aliphatic rings. The van der Waals surface area contributed by atoms with Gasteiger partial charge in [0.05, 0.1) is 5.02 Å². The van der Waals surface area contributed by atoms with E-state index in [4.69, 9.17) is 11.6 Å². The van der Waals surface area contributed by atoms with E-state index in [0.29, 0.717) is 0 Å². The summed E-state index contributed by atoms with van der Waals surface area (Å²) >= 11 is 9.27. The Balaban J connectivity index is 2.49. The smallest absolute Gasteiger partial charge is 0.0548 e. The zero-order chi connectivity index (χ0) is 9.26. The van der Waals surface area contributed by atoms with Crippen molar-refractivity contribution in [2.45, 2.75) is 0 Å². The van der Waals surface area contributed by atoms with Crippen LogP contribution in [0.25, 0.3) is 11.3 Å². The van der Waals surface area contributed by atoms with E-state index < -0.39 is 0 Å². The Labute approximate surface area is 89.9 Å². The molecule has 0 saturated carbocycles. The average molecular weight is 257 g/mol. The molecule has 1 heterocycles. The highest BCUT2D eigenvalue weighted by atomic mass is 79.9. The van der Waals surface area contributed by atoms with Gasteiger partial charge in [0.1, 0.15) is 0 Å². The number of aromatic nitrogens is 1. The lowest BCUT2D eigenvalue weighted by Gasteiger charge is -2.00. The largest absolute Gasteiger partial charge is 0.361 e. The maximum Gasteiger partial charge on any atom is 0.0548 e. The quantitative estimate of drug-likeness (QED) is 0.791. The summed E-state index contributed by atoms with van der Waals surface area (Å²) < 4.78 is 0.918. The molecular weight excluding hydrogens is 249 g/mol. The molecule has 0 spiro atoms. The third-order valence-electron chi connectivity index (χ3n) is 1.83. The van der Waals surface area contributed by atoms with Gasteiger partial charge in [0, 0.05) is 16.4 Å². The Morgan fingerprint density at radius 3 is 2.69 bits per heavy atom. The fourth-order valence-electron chi connectivity index (χ4n) is 1.17. The molecule has 13 heavy (non-hydrogen) atoms. The number of hydrogen-bond donors (Lipinski definition) is 1. The van der Waals surface area contributed by atoms with Crippen LogP contribution in [0.1, 0.15) is 0 Å². The number of H-pyrrole nitrogens is 1. The maximum atomic E-state index is 5.88. The molecule has 66 valence electrons. The number of aromatic amines is 1. The van der Waals surface area contributed by atoms with Crippen LogP contribution in [0.2, 0.25) is 5.02 Å². The number of nitrogens with one attached hydrogen (secondary N) is 1.